The smallest absolute Gasteiger partial charge is 0.434 e. The number of carbonyl (C=O) groups is 1. The van der Waals surface area contributed by atoms with Crippen LogP contribution in [0.3, 0.4) is 0 Å². The van der Waals surface area contributed by atoms with E-state index in [1.807, 2.05) is 0 Å². The van der Waals surface area contributed by atoms with Crippen molar-refractivity contribution in [3.8, 4) is 0 Å². The lowest BCUT2D eigenvalue weighted by atomic mass is 10.3. The number of alkyl halides is 3. The maximum absolute atomic E-state index is 12.5. The van der Waals surface area contributed by atoms with E-state index < -0.39 is 11.9 Å². The Kier molecular flexibility index (Phi) is 8.33. The fourth-order valence-corrected chi connectivity index (χ4v) is 3.56. The lowest BCUT2D eigenvalue weighted by Crippen LogP contribution is -2.38. The largest absolute Gasteiger partial charge is 0.462 e. The number of nitrogens with one attached hydrogen (secondary N) is 2. The lowest BCUT2D eigenvalue weighted by molar-refractivity contribution is -0.148. The molecule has 0 atom stereocenters. The van der Waals surface area contributed by atoms with E-state index in [4.69, 9.17) is 4.74 Å². The van der Waals surface area contributed by atoms with Crippen LogP contribution in [0, 0.1) is 0 Å². The van der Waals surface area contributed by atoms with Gasteiger partial charge in [-0.2, -0.15) is 13.2 Å². The number of guanidine groups is 1. The monoisotopic (exact) mass is 406 g/mol. The molecule has 1 heterocycles. The number of aromatic nitrogens is 1. The van der Waals surface area contributed by atoms with Gasteiger partial charge in [0.25, 0.3) is 0 Å². The molecule has 10 heteroatoms. The number of aliphatic imine (C=N–C) groups is 1. The van der Waals surface area contributed by atoms with Crippen molar-refractivity contribution in [3.63, 3.8) is 0 Å². The summed E-state index contributed by atoms with van der Waals surface area (Å²) < 4.78 is 42.9. The zero-order chi connectivity index (χ0) is 19.7. The van der Waals surface area contributed by atoms with Crippen molar-refractivity contribution in [2.75, 3.05) is 20.1 Å². The number of hydrogen-bond acceptors (Lipinski definition) is 5. The molecule has 1 fully saturated rings. The molecule has 0 bridgehead atoms. The first-order valence-corrected chi connectivity index (χ1v) is 9.92. The van der Waals surface area contributed by atoms with Crippen molar-refractivity contribution in [2.45, 2.75) is 57.2 Å². The summed E-state index contributed by atoms with van der Waals surface area (Å²) in [5, 5.41) is 7.53. The zero-order valence-corrected chi connectivity index (χ0v) is 16.1. The molecule has 0 amide bonds. The van der Waals surface area contributed by atoms with Crippen LogP contribution in [0.2, 0.25) is 0 Å². The van der Waals surface area contributed by atoms with E-state index in [0.717, 1.165) is 42.4 Å². The Bertz CT molecular complexity index is 628. The highest BCUT2D eigenvalue weighted by atomic mass is 32.1. The maximum Gasteiger partial charge on any atom is 0.434 e. The van der Waals surface area contributed by atoms with E-state index in [1.165, 1.54) is 0 Å². The fourth-order valence-electron chi connectivity index (χ4n) is 2.75. The van der Waals surface area contributed by atoms with Crippen molar-refractivity contribution < 1.29 is 22.7 Å². The third-order valence-corrected chi connectivity index (χ3v) is 5.06. The minimum Gasteiger partial charge on any atom is -0.462 e. The van der Waals surface area contributed by atoms with Crippen LogP contribution in [0.5, 0.6) is 0 Å². The van der Waals surface area contributed by atoms with E-state index in [0.29, 0.717) is 43.3 Å². The van der Waals surface area contributed by atoms with Crippen LogP contribution in [-0.4, -0.2) is 43.2 Å². The van der Waals surface area contributed by atoms with Gasteiger partial charge in [0.1, 0.15) is 6.10 Å². The van der Waals surface area contributed by atoms with Gasteiger partial charge < -0.3 is 15.4 Å². The van der Waals surface area contributed by atoms with E-state index in [1.54, 1.807) is 7.05 Å². The summed E-state index contributed by atoms with van der Waals surface area (Å²) in [5.41, 5.74) is -0.852. The fraction of sp³-hybridized carbons (Fsp3) is 0.706. The van der Waals surface area contributed by atoms with Gasteiger partial charge in [0.2, 0.25) is 0 Å². The van der Waals surface area contributed by atoms with Gasteiger partial charge in [0.05, 0.1) is 5.01 Å². The molecule has 0 saturated heterocycles. The number of nitrogens with zero attached hydrogens (tertiary/aromatic N) is 2. The van der Waals surface area contributed by atoms with Gasteiger partial charge in [-0.25, -0.2) is 4.98 Å². The summed E-state index contributed by atoms with van der Waals surface area (Å²) in [6.07, 6.45) is 1.19. The number of rotatable bonds is 8. The Morgan fingerprint density at radius 3 is 2.67 bits per heavy atom. The normalized spacial score (nSPS) is 15.8. The second-order valence-electron chi connectivity index (χ2n) is 6.30. The average molecular weight is 406 g/mol. The van der Waals surface area contributed by atoms with Gasteiger partial charge in [0.15, 0.2) is 11.7 Å². The Labute approximate surface area is 160 Å². The molecule has 1 aliphatic rings. The van der Waals surface area contributed by atoms with E-state index in [-0.39, 0.29) is 12.1 Å². The topological polar surface area (TPSA) is 75.6 Å². The quantitative estimate of drug-likeness (QED) is 0.300. The first-order valence-electron chi connectivity index (χ1n) is 9.04. The number of thiazole rings is 1. The highest BCUT2D eigenvalue weighted by Gasteiger charge is 2.33. The van der Waals surface area contributed by atoms with Crippen LogP contribution in [0.15, 0.2) is 10.4 Å². The van der Waals surface area contributed by atoms with Crippen molar-refractivity contribution in [1.29, 1.82) is 0 Å². The van der Waals surface area contributed by atoms with Crippen molar-refractivity contribution in [3.05, 3.63) is 16.1 Å². The number of esters is 1. The van der Waals surface area contributed by atoms with E-state index in [9.17, 15) is 18.0 Å². The van der Waals surface area contributed by atoms with Gasteiger partial charge in [-0.15, -0.1) is 11.3 Å². The van der Waals surface area contributed by atoms with Crippen LogP contribution in [0.1, 0.15) is 49.2 Å². The summed E-state index contributed by atoms with van der Waals surface area (Å²) in [5.74, 6) is 0.364. The summed E-state index contributed by atoms with van der Waals surface area (Å²) >= 11 is 0.990. The standard InChI is InChI=1S/C17H25F3N4O2S/c1-21-16(22-9-4-7-15(25)26-12-5-2-3-6-12)23-10-8-14-24-13(11-27-14)17(18,19)20/h11-12H,2-10H2,1H3,(H2,21,22,23). The number of hydrogen-bond donors (Lipinski definition) is 2. The summed E-state index contributed by atoms with van der Waals surface area (Å²) in [6, 6.07) is 0. The highest BCUT2D eigenvalue weighted by Crippen LogP contribution is 2.30. The molecule has 1 saturated carbocycles. The van der Waals surface area contributed by atoms with Crippen molar-refractivity contribution in [1.82, 2.24) is 15.6 Å². The van der Waals surface area contributed by atoms with Crippen molar-refractivity contribution in [2.24, 2.45) is 4.99 Å². The Morgan fingerprint density at radius 2 is 2.04 bits per heavy atom. The molecular formula is C17H25F3N4O2S. The van der Waals surface area contributed by atoms with Gasteiger partial charge in [-0.05, 0) is 32.1 Å². The Balaban J connectivity index is 1.58. The molecule has 0 spiro atoms. The highest BCUT2D eigenvalue weighted by molar-refractivity contribution is 7.09. The van der Waals surface area contributed by atoms with Crippen LogP contribution < -0.4 is 10.6 Å². The molecule has 1 aliphatic carbocycles. The molecule has 6 nitrogen and oxygen atoms in total. The first kappa shape index (κ1) is 21.5. The van der Waals surface area contributed by atoms with Gasteiger partial charge in [-0.1, -0.05) is 0 Å². The first-order chi connectivity index (χ1) is 12.9. The molecule has 1 aromatic rings. The Morgan fingerprint density at radius 1 is 1.33 bits per heavy atom. The van der Waals surface area contributed by atoms with Crippen LogP contribution in [-0.2, 0) is 22.1 Å². The maximum atomic E-state index is 12.5. The SMILES string of the molecule is CN=C(NCCCC(=O)OC1CCCC1)NCCc1nc(C(F)(F)F)cs1. The minimum atomic E-state index is -4.40. The molecule has 0 radical (unpaired) electrons. The minimum absolute atomic E-state index is 0.0867. The van der Waals surface area contributed by atoms with E-state index in [2.05, 4.69) is 20.6 Å². The molecule has 0 aliphatic heterocycles. The third-order valence-electron chi connectivity index (χ3n) is 4.15. The summed E-state index contributed by atoms with van der Waals surface area (Å²) in [7, 11) is 1.61. The van der Waals surface area contributed by atoms with Crippen LogP contribution in [0.25, 0.3) is 0 Å². The molecule has 2 rings (SSSR count). The summed E-state index contributed by atoms with van der Waals surface area (Å²) in [4.78, 5) is 19.4. The molecule has 27 heavy (non-hydrogen) atoms. The number of halogens is 3. The lowest BCUT2D eigenvalue weighted by Gasteiger charge is -2.13. The predicted molar refractivity (Wildman–Crippen MR) is 97.8 cm³/mol. The molecule has 0 aromatic carbocycles. The van der Waals surface area contributed by atoms with Gasteiger partial charge in [-0.3, -0.25) is 9.79 Å². The number of ether oxygens (including phenoxy) is 1. The zero-order valence-electron chi connectivity index (χ0n) is 15.3. The predicted octanol–water partition coefficient (Wildman–Crippen LogP) is 3.14. The van der Waals surface area contributed by atoms with E-state index >= 15 is 0 Å². The second kappa shape index (κ2) is 10.5. The molecule has 0 unspecified atom stereocenters. The van der Waals surface area contributed by atoms with Gasteiger partial charge >= 0.3 is 12.1 Å². The third kappa shape index (κ3) is 7.74. The number of carbonyl (C=O) groups excluding carboxylic acids is 1. The summed E-state index contributed by atoms with van der Waals surface area (Å²) in [6.45, 7) is 0.961. The van der Waals surface area contributed by atoms with Crippen LogP contribution >= 0.6 is 11.3 Å². The van der Waals surface area contributed by atoms with Crippen molar-refractivity contribution >= 4 is 23.3 Å². The van der Waals surface area contributed by atoms with Crippen LogP contribution in [0.4, 0.5) is 13.2 Å². The average Bonchev–Trinajstić information content (AvgIpc) is 3.28. The Hall–Kier alpha value is -1.84. The second-order valence-corrected chi connectivity index (χ2v) is 7.24. The molecular weight excluding hydrogens is 381 g/mol. The molecule has 2 N–H and O–H groups in total. The molecule has 152 valence electrons. The molecule has 1 aromatic heterocycles. The van der Waals surface area contributed by atoms with Gasteiger partial charge in [0, 0.05) is 38.4 Å².